The van der Waals surface area contributed by atoms with Crippen molar-refractivity contribution in [1.29, 1.82) is 0 Å². The van der Waals surface area contributed by atoms with Gasteiger partial charge >= 0.3 is 0 Å². The van der Waals surface area contributed by atoms with E-state index in [4.69, 9.17) is 9.84 Å². The van der Waals surface area contributed by atoms with Gasteiger partial charge in [-0.2, -0.15) is 0 Å². The third-order valence-corrected chi connectivity index (χ3v) is 8.79. The van der Waals surface area contributed by atoms with Gasteiger partial charge in [0.15, 0.2) is 0 Å². The highest BCUT2D eigenvalue weighted by molar-refractivity contribution is 5.99. The Bertz CT molecular complexity index is 1310. The molecule has 2 bridgehead atoms. The van der Waals surface area contributed by atoms with Gasteiger partial charge in [0.2, 0.25) is 17.7 Å². The van der Waals surface area contributed by atoms with Crippen LogP contribution < -0.4 is 0 Å². The summed E-state index contributed by atoms with van der Waals surface area (Å²) in [5, 5.41) is 17.7. The first-order valence-corrected chi connectivity index (χ1v) is 14.5. The van der Waals surface area contributed by atoms with Crippen LogP contribution in [0, 0.1) is 11.8 Å². The molecule has 3 aliphatic rings. The van der Waals surface area contributed by atoms with Gasteiger partial charge in [0.25, 0.3) is 0 Å². The third-order valence-electron chi connectivity index (χ3n) is 8.79. The van der Waals surface area contributed by atoms with Crippen LogP contribution in [0.4, 0.5) is 0 Å². The van der Waals surface area contributed by atoms with Crippen LogP contribution >= 0.6 is 0 Å². The number of para-hydroxylation sites is 1. The number of amides is 3. The molecule has 11 heteroatoms. The average molecular weight is 565 g/mol. The summed E-state index contributed by atoms with van der Waals surface area (Å²) in [4.78, 5) is 47.2. The lowest BCUT2D eigenvalue weighted by atomic mass is 9.70. The molecule has 5 rings (SSSR count). The third kappa shape index (κ3) is 5.05. The molecule has 0 radical (unpaired) electrons. The summed E-state index contributed by atoms with van der Waals surface area (Å²) in [6.45, 7) is 8.86. The molecule has 0 aliphatic carbocycles. The Morgan fingerprint density at radius 3 is 2.66 bits per heavy atom. The van der Waals surface area contributed by atoms with Gasteiger partial charge in [-0.05, 0) is 37.8 Å². The van der Waals surface area contributed by atoms with Gasteiger partial charge in [-0.25, -0.2) is 4.68 Å². The molecule has 4 heterocycles. The average Bonchev–Trinajstić information content (AvgIpc) is 3.72. The van der Waals surface area contributed by atoms with E-state index in [1.54, 1.807) is 38.6 Å². The fourth-order valence-corrected chi connectivity index (χ4v) is 6.97. The predicted octanol–water partition coefficient (Wildman–Crippen LogP) is 1.98. The van der Waals surface area contributed by atoms with Gasteiger partial charge in [0.1, 0.15) is 23.8 Å². The van der Waals surface area contributed by atoms with Gasteiger partial charge in [-0.3, -0.25) is 14.4 Å². The van der Waals surface area contributed by atoms with Crippen LogP contribution in [-0.2, 0) is 25.8 Å². The zero-order chi connectivity index (χ0) is 29.1. The van der Waals surface area contributed by atoms with Crippen LogP contribution in [0.15, 0.2) is 49.6 Å². The molecule has 11 nitrogen and oxygen atoms in total. The Morgan fingerprint density at radius 1 is 1.15 bits per heavy atom. The second-order valence-corrected chi connectivity index (χ2v) is 11.3. The van der Waals surface area contributed by atoms with Crippen molar-refractivity contribution < 1.29 is 24.2 Å². The lowest BCUT2D eigenvalue weighted by Gasteiger charge is -2.36. The number of aliphatic hydroxyl groups excluding tert-OH is 1. The van der Waals surface area contributed by atoms with Gasteiger partial charge < -0.3 is 24.5 Å². The van der Waals surface area contributed by atoms with Crippen LogP contribution in [0.2, 0.25) is 0 Å². The quantitative estimate of drug-likeness (QED) is 0.275. The fraction of sp³-hybridized carbons (Fsp3) is 0.567. The summed E-state index contributed by atoms with van der Waals surface area (Å²) in [6, 6.07) is 6.68. The van der Waals surface area contributed by atoms with Crippen molar-refractivity contribution in [1.82, 2.24) is 29.7 Å². The van der Waals surface area contributed by atoms with E-state index >= 15 is 0 Å². The van der Waals surface area contributed by atoms with E-state index in [0.29, 0.717) is 38.8 Å². The van der Waals surface area contributed by atoms with Crippen molar-refractivity contribution in [3.8, 4) is 0 Å². The van der Waals surface area contributed by atoms with Crippen molar-refractivity contribution in [2.45, 2.75) is 62.9 Å². The normalized spacial score (nSPS) is 26.4. The highest BCUT2D eigenvalue weighted by Crippen LogP contribution is 2.59. The molecule has 5 atom stereocenters. The predicted molar refractivity (Wildman–Crippen MR) is 152 cm³/mol. The zero-order valence-corrected chi connectivity index (χ0v) is 23.7. The molecule has 3 amide bonds. The lowest BCUT2D eigenvalue weighted by Crippen LogP contribution is -2.56. The molecule has 1 spiro atoms. The Labute approximate surface area is 240 Å². The number of aromatic nitrogens is 3. The molecule has 1 aromatic heterocycles. The molecule has 1 N–H and O–H groups in total. The molecule has 220 valence electrons. The van der Waals surface area contributed by atoms with Crippen LogP contribution in [0.5, 0.6) is 0 Å². The minimum absolute atomic E-state index is 0.125. The SMILES string of the molecule is C=CCN(C)C(=O)[C@@H]1[C@@H]2CCC3(O2)C(C(=O)N(CC=C)Cn2nnc4ccccc42)N(CCCCCCO)C(=O)[C@H]13. The minimum Gasteiger partial charge on any atom is -0.396 e. The summed E-state index contributed by atoms with van der Waals surface area (Å²) < 4.78 is 8.25. The number of hydrogen-bond acceptors (Lipinski definition) is 7. The van der Waals surface area contributed by atoms with Crippen molar-refractivity contribution in [3.63, 3.8) is 0 Å². The van der Waals surface area contributed by atoms with E-state index < -0.39 is 29.6 Å². The van der Waals surface area contributed by atoms with Gasteiger partial charge in [-0.1, -0.05) is 42.3 Å². The maximum atomic E-state index is 14.5. The Balaban J connectivity index is 1.47. The largest absolute Gasteiger partial charge is 0.396 e. The fourth-order valence-electron chi connectivity index (χ4n) is 6.97. The van der Waals surface area contributed by atoms with E-state index in [2.05, 4.69) is 23.5 Å². The monoisotopic (exact) mass is 564 g/mol. The molecule has 0 saturated carbocycles. The summed E-state index contributed by atoms with van der Waals surface area (Å²) in [5.41, 5.74) is 0.450. The van der Waals surface area contributed by atoms with Gasteiger partial charge in [0.05, 0.1) is 23.5 Å². The summed E-state index contributed by atoms with van der Waals surface area (Å²) in [6.07, 6.45) is 7.09. The number of rotatable bonds is 14. The van der Waals surface area contributed by atoms with Gasteiger partial charge in [0, 0.05) is 33.3 Å². The molecule has 2 aromatic rings. The standard InChI is InChI=1S/C30H40N6O5/c1-4-16-33(3)27(38)24-23-14-15-30(41-23)25(24)28(39)35(18-10-6-7-11-19-37)26(30)29(40)34(17-5-2)20-36-22-13-9-8-12-21(22)31-32-36/h4-5,8-9,12-13,23-26,37H,1-2,6-7,10-11,14-20H2,3H3/t23-,24+,25-,26?,30?/m0/s1. The van der Waals surface area contributed by atoms with Crippen molar-refractivity contribution in [3.05, 3.63) is 49.6 Å². The number of carbonyl (C=O) groups excluding carboxylic acids is 3. The minimum atomic E-state index is -1.07. The topological polar surface area (TPSA) is 121 Å². The number of benzene rings is 1. The van der Waals surface area contributed by atoms with E-state index in [9.17, 15) is 14.4 Å². The Hall–Kier alpha value is -3.57. The number of hydrogen-bond donors (Lipinski definition) is 1. The molecule has 3 fully saturated rings. The number of likely N-dealkylation sites (N-methyl/N-ethyl adjacent to an activating group) is 1. The summed E-state index contributed by atoms with van der Waals surface area (Å²) >= 11 is 0. The van der Waals surface area contributed by atoms with E-state index in [0.717, 1.165) is 23.9 Å². The number of likely N-dealkylation sites (tertiary alicyclic amines) is 1. The van der Waals surface area contributed by atoms with Crippen molar-refractivity contribution in [2.75, 3.05) is 33.3 Å². The van der Waals surface area contributed by atoms with Crippen LogP contribution in [0.3, 0.4) is 0 Å². The summed E-state index contributed by atoms with van der Waals surface area (Å²) in [7, 11) is 1.71. The second kappa shape index (κ2) is 12.1. The van der Waals surface area contributed by atoms with Crippen molar-refractivity contribution in [2.24, 2.45) is 11.8 Å². The van der Waals surface area contributed by atoms with Gasteiger partial charge in [-0.15, -0.1) is 18.3 Å². The first-order chi connectivity index (χ1) is 19.9. The van der Waals surface area contributed by atoms with E-state index in [1.807, 2.05) is 24.3 Å². The zero-order valence-electron chi connectivity index (χ0n) is 23.7. The van der Waals surface area contributed by atoms with Crippen LogP contribution in [-0.4, -0.2) is 104 Å². The molecule has 41 heavy (non-hydrogen) atoms. The van der Waals surface area contributed by atoms with Crippen LogP contribution in [0.1, 0.15) is 38.5 Å². The van der Waals surface area contributed by atoms with Crippen molar-refractivity contribution >= 4 is 28.8 Å². The maximum Gasteiger partial charge on any atom is 0.250 e. The molecule has 3 saturated heterocycles. The molecular weight excluding hydrogens is 524 g/mol. The smallest absolute Gasteiger partial charge is 0.250 e. The number of unbranched alkanes of at least 4 members (excludes halogenated alkanes) is 3. The first-order valence-electron chi connectivity index (χ1n) is 14.5. The summed E-state index contributed by atoms with van der Waals surface area (Å²) in [5.74, 6) is -1.94. The highest BCUT2D eigenvalue weighted by atomic mass is 16.5. The molecule has 3 aliphatic heterocycles. The first kappa shape index (κ1) is 28.9. The molecular formula is C30H40N6O5. The van der Waals surface area contributed by atoms with Crippen LogP contribution in [0.25, 0.3) is 11.0 Å². The van der Waals surface area contributed by atoms with E-state index in [-0.39, 0.29) is 37.5 Å². The number of carbonyl (C=O) groups is 3. The highest BCUT2D eigenvalue weighted by Gasteiger charge is 2.74. The Morgan fingerprint density at radius 2 is 1.90 bits per heavy atom. The Kier molecular flexibility index (Phi) is 8.55. The van der Waals surface area contributed by atoms with E-state index in [1.165, 1.54) is 0 Å². The lowest BCUT2D eigenvalue weighted by molar-refractivity contribution is -0.149. The molecule has 1 aromatic carbocycles. The maximum absolute atomic E-state index is 14.5. The number of ether oxygens (including phenoxy) is 1. The molecule has 2 unspecified atom stereocenters. The number of nitrogens with zero attached hydrogens (tertiary/aromatic N) is 6. The number of fused-ring (bicyclic) bond motifs is 2. The second-order valence-electron chi connectivity index (χ2n) is 11.3. The number of aliphatic hydroxyl groups is 1.